The number of ether oxygens (including phenoxy) is 8. The number of carbonyl (C=O) groups is 1. The molecule has 16 nitrogen and oxygen atoms in total. The smallest absolute Gasteiger partial charge is 0.311 e. The third-order valence-corrected chi connectivity index (χ3v) is 14.8. The number of cyclic esters (lactones) is 1. The molecule has 65 heavy (non-hydrogen) atoms. The zero-order valence-electron chi connectivity index (χ0n) is 41.2. The van der Waals surface area contributed by atoms with Gasteiger partial charge >= 0.3 is 5.97 Å². The number of likely N-dealkylation sites (N-methyl/N-ethyl adjacent to an activating group) is 1. The van der Waals surface area contributed by atoms with Crippen molar-refractivity contribution >= 4 is 5.97 Å². The van der Waals surface area contributed by atoms with Gasteiger partial charge in [-0.2, -0.15) is 0 Å². The Labute approximate surface area is 386 Å². The van der Waals surface area contributed by atoms with E-state index in [2.05, 4.69) is 10.2 Å². The van der Waals surface area contributed by atoms with Crippen LogP contribution in [0, 0.1) is 23.6 Å². The molecule has 374 valence electrons. The number of rotatable bonds is 11. The number of nitrogens with one attached hydrogen (secondary N) is 1. The average molecular weight is 928 g/mol. The van der Waals surface area contributed by atoms with Gasteiger partial charge in [-0.15, -0.1) is 0 Å². The Morgan fingerprint density at radius 2 is 1.58 bits per heavy atom. The van der Waals surface area contributed by atoms with Crippen molar-refractivity contribution in [2.75, 3.05) is 60.6 Å². The van der Waals surface area contributed by atoms with Gasteiger partial charge in [-0.3, -0.25) is 9.69 Å². The quantitative estimate of drug-likeness (QED) is 0.203. The Balaban J connectivity index is 1.59. The summed E-state index contributed by atoms with van der Waals surface area (Å²) >= 11 is 0. The minimum Gasteiger partial charge on any atom is -0.483 e. The second-order valence-corrected chi connectivity index (χ2v) is 20.5. The van der Waals surface area contributed by atoms with Crippen LogP contribution in [0.3, 0.4) is 0 Å². The first-order chi connectivity index (χ1) is 30.4. The summed E-state index contributed by atoms with van der Waals surface area (Å²) in [4.78, 5) is 18.8. The van der Waals surface area contributed by atoms with Crippen LogP contribution in [0.1, 0.15) is 94.9 Å². The molecule has 4 aliphatic heterocycles. The largest absolute Gasteiger partial charge is 0.483 e. The van der Waals surface area contributed by atoms with Gasteiger partial charge in [0.25, 0.3) is 0 Å². The molecular formula is C48H82FN3O13. The molecule has 1 aromatic rings. The Morgan fingerprint density at radius 3 is 2.18 bits per heavy atom. The lowest BCUT2D eigenvalue weighted by atomic mass is 9.74. The third kappa shape index (κ3) is 12.4. The molecule has 4 aliphatic rings. The maximum Gasteiger partial charge on any atom is 0.311 e. The molecule has 4 heterocycles. The third-order valence-electron chi connectivity index (χ3n) is 14.8. The lowest BCUT2D eigenvalue weighted by molar-refractivity contribution is -0.339. The maximum atomic E-state index is 14.6. The maximum absolute atomic E-state index is 14.6. The second-order valence-electron chi connectivity index (χ2n) is 20.5. The fourth-order valence-corrected chi connectivity index (χ4v) is 10.6. The molecule has 0 saturated carbocycles. The van der Waals surface area contributed by atoms with Gasteiger partial charge < -0.3 is 68.5 Å². The van der Waals surface area contributed by atoms with Gasteiger partial charge in [0.05, 0.1) is 55.2 Å². The molecule has 5 rings (SSSR count). The highest BCUT2D eigenvalue weighted by molar-refractivity contribution is 5.73. The Hall–Kier alpha value is -2.10. The van der Waals surface area contributed by atoms with Crippen LogP contribution in [0.2, 0.25) is 0 Å². The first-order valence-electron chi connectivity index (χ1n) is 23.7. The summed E-state index contributed by atoms with van der Waals surface area (Å²) < 4.78 is 65.8. The molecule has 0 aliphatic carbocycles. The van der Waals surface area contributed by atoms with Gasteiger partial charge in [0.2, 0.25) is 0 Å². The van der Waals surface area contributed by atoms with Crippen LogP contribution in [-0.4, -0.2) is 187 Å². The van der Waals surface area contributed by atoms with E-state index < -0.39 is 101 Å². The molecule has 0 radical (unpaired) electrons. The summed E-state index contributed by atoms with van der Waals surface area (Å²) in [6.45, 7) is 20.7. The summed E-state index contributed by atoms with van der Waals surface area (Å²) in [6, 6.07) is 4.88. The minimum atomic E-state index is -1.84. The number of nitrogens with zero attached hydrogens (tertiary/aromatic N) is 2. The highest BCUT2D eigenvalue weighted by atomic mass is 19.1. The molecule has 17 heteroatoms. The fourth-order valence-electron chi connectivity index (χ4n) is 10.6. The monoisotopic (exact) mass is 928 g/mol. The molecule has 0 amide bonds. The summed E-state index contributed by atoms with van der Waals surface area (Å²) in [7, 11) is 5.43. The van der Waals surface area contributed by atoms with Gasteiger partial charge in [0, 0.05) is 45.1 Å². The van der Waals surface area contributed by atoms with Crippen molar-refractivity contribution in [2.24, 2.45) is 17.8 Å². The fraction of sp³-hybridized carbons (Fsp3) is 0.854. The van der Waals surface area contributed by atoms with E-state index in [0.29, 0.717) is 45.0 Å². The highest BCUT2D eigenvalue weighted by Gasteiger charge is 2.59. The van der Waals surface area contributed by atoms with Crippen LogP contribution in [0.25, 0.3) is 0 Å². The van der Waals surface area contributed by atoms with Gasteiger partial charge in [0.15, 0.2) is 18.7 Å². The number of benzene rings is 1. The zero-order chi connectivity index (χ0) is 48.2. The van der Waals surface area contributed by atoms with Crippen LogP contribution in [-0.2, 0) is 38.0 Å². The summed E-state index contributed by atoms with van der Waals surface area (Å²) in [6.07, 6.45) is -7.52. The highest BCUT2D eigenvalue weighted by Crippen LogP contribution is 2.44. The number of aliphatic hydroxyl groups is 4. The van der Waals surface area contributed by atoms with Crippen molar-refractivity contribution in [3.63, 3.8) is 0 Å². The summed E-state index contributed by atoms with van der Waals surface area (Å²) in [5, 5.41) is 52.0. The molecule has 4 fully saturated rings. The van der Waals surface area contributed by atoms with E-state index in [1.165, 1.54) is 19.1 Å². The number of esters is 1. The Morgan fingerprint density at radius 1 is 0.938 bits per heavy atom. The first kappa shape index (κ1) is 53.8. The number of halogens is 1. The van der Waals surface area contributed by atoms with Crippen molar-refractivity contribution < 1.29 is 67.5 Å². The van der Waals surface area contributed by atoms with E-state index in [1.807, 2.05) is 46.7 Å². The number of methoxy groups -OCH3 is 1. The van der Waals surface area contributed by atoms with Crippen LogP contribution in [0.5, 0.6) is 5.75 Å². The molecule has 5 N–H and O–H groups in total. The summed E-state index contributed by atoms with van der Waals surface area (Å²) in [5.41, 5.74) is -6.11. The number of hydrogen-bond acceptors (Lipinski definition) is 16. The summed E-state index contributed by atoms with van der Waals surface area (Å²) in [5.74, 6) is -2.79. The number of aliphatic hydroxyl groups excluding tert-OH is 1. The van der Waals surface area contributed by atoms with Gasteiger partial charge in [-0.05, 0) is 119 Å². The number of carbonyl (C=O) groups excluding carboxylic acids is 1. The van der Waals surface area contributed by atoms with E-state index in [1.54, 1.807) is 53.9 Å². The Bertz CT molecular complexity index is 1650. The topological polar surface area (TPSA) is 190 Å². The van der Waals surface area contributed by atoms with Crippen LogP contribution < -0.4 is 10.1 Å². The molecular weight excluding hydrogens is 846 g/mol. The van der Waals surface area contributed by atoms with Gasteiger partial charge in [0.1, 0.15) is 40.6 Å². The van der Waals surface area contributed by atoms with E-state index in [0.717, 1.165) is 0 Å². The molecule has 0 unspecified atom stereocenters. The van der Waals surface area contributed by atoms with Crippen LogP contribution in [0.4, 0.5) is 4.39 Å². The lowest BCUT2D eigenvalue weighted by Gasteiger charge is -2.55. The van der Waals surface area contributed by atoms with Crippen LogP contribution >= 0.6 is 0 Å². The second kappa shape index (κ2) is 22.1. The van der Waals surface area contributed by atoms with Crippen molar-refractivity contribution in [1.82, 2.24) is 15.1 Å². The van der Waals surface area contributed by atoms with E-state index in [9.17, 15) is 29.6 Å². The van der Waals surface area contributed by atoms with Gasteiger partial charge in [-0.25, -0.2) is 4.39 Å². The number of morpholine rings is 1. The Kier molecular flexibility index (Phi) is 18.3. The molecule has 0 bridgehead atoms. The number of hydrogen-bond donors (Lipinski definition) is 5. The van der Waals surface area contributed by atoms with E-state index >= 15 is 0 Å². The molecule has 18 atom stereocenters. The number of β-amino-alcohol motifs (C(OH)–C–C–N with tert-alkyl or cyclic N) is 1. The van der Waals surface area contributed by atoms with Gasteiger partial charge in [-0.1, -0.05) is 20.8 Å². The van der Waals surface area contributed by atoms with Crippen molar-refractivity contribution in [2.45, 2.75) is 185 Å². The lowest BCUT2D eigenvalue weighted by Crippen LogP contribution is -2.70. The molecule has 4 saturated heterocycles. The SMILES string of the molecule is CC[C@H]1OC(=O)[C@H](C)[C@@H](O[C@H]2C[C@@](C)(OC)[C@](O)(CN3CCOCC3)[C@H](C)O2)[C@H](C)[C@@H](O[C@@H]2O[C@H](C)C[C@H](N(C)C)[C@H]2Oc2ccc(F)cc2)[C@](C)(O)C[C@@H](C)CN[C@H](C)[C@@H](O)[C@]1(C)O. The predicted octanol–water partition coefficient (Wildman–Crippen LogP) is 3.49. The molecule has 0 spiro atoms. The van der Waals surface area contributed by atoms with Crippen molar-refractivity contribution in [1.29, 1.82) is 0 Å². The average Bonchev–Trinajstić information content (AvgIpc) is 3.25. The molecule has 1 aromatic carbocycles. The predicted molar refractivity (Wildman–Crippen MR) is 241 cm³/mol. The van der Waals surface area contributed by atoms with Crippen molar-refractivity contribution in [3.05, 3.63) is 30.1 Å². The zero-order valence-corrected chi connectivity index (χ0v) is 41.2. The minimum absolute atomic E-state index is 0.0714. The normalized spacial score (nSPS) is 44.5. The molecule has 0 aromatic heterocycles. The van der Waals surface area contributed by atoms with Crippen molar-refractivity contribution in [3.8, 4) is 5.75 Å². The van der Waals surface area contributed by atoms with E-state index in [-0.39, 0.29) is 43.9 Å². The standard InChI is InChI=1S/C48H82FN3O13/c1-14-37-47(10,56)41(53)32(6)50-26-28(2)24-45(8,55)42(65-44-40(36(51(11)12)23-29(3)60-44)62-35-17-15-34(49)16-18-35)30(4)39(31(5)43(54)63-37)64-38-25-46(9,58-13)48(57,33(7)61-38)27-52-19-21-59-22-20-52/h15-18,28-33,36-42,44,50,53,55-57H,14,19-27H2,1-13H3/t28-,29-,30+,31-,32-,33+,36+,37-,38+,39+,40-,41-,42-,44+,45-,46-,47-,48+/m1/s1. The van der Waals surface area contributed by atoms with Crippen LogP contribution in [0.15, 0.2) is 24.3 Å². The first-order valence-corrected chi connectivity index (χ1v) is 23.7. The van der Waals surface area contributed by atoms with E-state index in [4.69, 9.17) is 37.9 Å².